The number of carbonyl (C=O) groups is 3. The summed E-state index contributed by atoms with van der Waals surface area (Å²) in [6.07, 6.45) is 0. The molecule has 88 valence electrons. The van der Waals surface area contributed by atoms with Gasteiger partial charge in [-0.05, 0) is 18.2 Å². The van der Waals surface area contributed by atoms with Crippen LogP contribution in [0, 0.1) is 0 Å². The number of rotatable bonds is 3. The van der Waals surface area contributed by atoms with E-state index in [1.165, 1.54) is 19.2 Å². The number of benzene rings is 1. The summed E-state index contributed by atoms with van der Waals surface area (Å²) in [6, 6.07) is 4.50. The second kappa shape index (κ2) is 3.89. The number of methoxy groups -OCH3 is 1. The van der Waals surface area contributed by atoms with Crippen molar-refractivity contribution in [1.82, 2.24) is 0 Å². The number of aliphatic carboxylic acids is 1. The van der Waals surface area contributed by atoms with E-state index in [9.17, 15) is 14.4 Å². The number of nitrogens with zero attached hydrogens (tertiary/aromatic N) is 1. The van der Waals surface area contributed by atoms with Crippen molar-refractivity contribution < 1.29 is 24.2 Å². The standard InChI is InChI=1S/C11H9NO5/c1-17-6-2-3-8-7(4-6)10(15)11(16)12(8)5-9(13)14/h2-4H,5H2,1H3,(H,13,14). The van der Waals surface area contributed by atoms with Crippen molar-refractivity contribution in [2.24, 2.45) is 0 Å². The minimum atomic E-state index is -1.17. The Bertz CT molecular complexity index is 523. The molecule has 0 saturated heterocycles. The highest BCUT2D eigenvalue weighted by Crippen LogP contribution is 2.31. The Morgan fingerprint density at radius 1 is 1.41 bits per heavy atom. The molecular weight excluding hydrogens is 226 g/mol. The number of amides is 1. The first-order chi connectivity index (χ1) is 8.04. The third kappa shape index (κ3) is 1.73. The van der Waals surface area contributed by atoms with Crippen molar-refractivity contribution in [3.8, 4) is 5.75 Å². The third-order valence-corrected chi connectivity index (χ3v) is 2.47. The van der Waals surface area contributed by atoms with Gasteiger partial charge in [0.15, 0.2) is 0 Å². The van der Waals surface area contributed by atoms with Crippen LogP contribution in [0.1, 0.15) is 10.4 Å². The zero-order chi connectivity index (χ0) is 12.6. The molecule has 1 aromatic carbocycles. The summed E-state index contributed by atoms with van der Waals surface area (Å²) in [6.45, 7) is -0.524. The number of anilines is 1. The quantitative estimate of drug-likeness (QED) is 0.762. The zero-order valence-electron chi connectivity index (χ0n) is 8.97. The van der Waals surface area contributed by atoms with Crippen LogP contribution in [-0.2, 0) is 9.59 Å². The molecule has 6 heteroatoms. The highest BCUT2D eigenvalue weighted by Gasteiger charge is 2.37. The highest BCUT2D eigenvalue weighted by molar-refractivity contribution is 6.52. The molecule has 0 spiro atoms. The Morgan fingerprint density at radius 2 is 2.12 bits per heavy atom. The van der Waals surface area contributed by atoms with E-state index in [1.54, 1.807) is 6.07 Å². The Kier molecular flexibility index (Phi) is 2.55. The predicted molar refractivity (Wildman–Crippen MR) is 57.3 cm³/mol. The van der Waals surface area contributed by atoms with Crippen LogP contribution in [0.5, 0.6) is 5.75 Å². The van der Waals surface area contributed by atoms with E-state index in [0.717, 1.165) is 4.90 Å². The first kappa shape index (κ1) is 11.1. The van der Waals surface area contributed by atoms with Crippen LogP contribution in [0.25, 0.3) is 0 Å². The average molecular weight is 235 g/mol. The molecule has 0 bridgehead atoms. The van der Waals surface area contributed by atoms with Gasteiger partial charge >= 0.3 is 5.97 Å². The van der Waals surface area contributed by atoms with E-state index in [0.29, 0.717) is 11.4 Å². The normalized spacial score (nSPS) is 13.8. The van der Waals surface area contributed by atoms with Gasteiger partial charge in [-0.1, -0.05) is 0 Å². The molecule has 1 aromatic rings. The summed E-state index contributed by atoms with van der Waals surface area (Å²) in [5, 5.41) is 8.67. The highest BCUT2D eigenvalue weighted by atomic mass is 16.5. The number of carbonyl (C=O) groups excluding carboxylic acids is 2. The largest absolute Gasteiger partial charge is 0.497 e. The van der Waals surface area contributed by atoms with Gasteiger partial charge in [-0.2, -0.15) is 0 Å². The van der Waals surface area contributed by atoms with Gasteiger partial charge in [0.2, 0.25) is 0 Å². The van der Waals surface area contributed by atoms with Crippen LogP contribution < -0.4 is 9.64 Å². The van der Waals surface area contributed by atoms with E-state index < -0.39 is 24.2 Å². The third-order valence-electron chi connectivity index (χ3n) is 2.47. The number of Topliss-reactive ketones (excluding diaryl/α,β-unsaturated/α-hetero) is 1. The molecular formula is C11H9NO5. The van der Waals surface area contributed by atoms with Gasteiger partial charge in [0.05, 0.1) is 18.4 Å². The molecule has 6 nitrogen and oxygen atoms in total. The topological polar surface area (TPSA) is 83.9 Å². The summed E-state index contributed by atoms with van der Waals surface area (Å²) in [5.41, 5.74) is 0.485. The monoisotopic (exact) mass is 235 g/mol. The smallest absolute Gasteiger partial charge is 0.323 e. The van der Waals surface area contributed by atoms with Gasteiger partial charge in [0.1, 0.15) is 12.3 Å². The van der Waals surface area contributed by atoms with Crippen LogP contribution in [0.3, 0.4) is 0 Å². The second-order valence-corrected chi connectivity index (χ2v) is 3.50. The molecule has 1 amide bonds. The molecule has 1 aliphatic rings. The number of fused-ring (bicyclic) bond motifs is 1. The number of carboxylic acids is 1. The second-order valence-electron chi connectivity index (χ2n) is 3.50. The van der Waals surface area contributed by atoms with Crippen molar-refractivity contribution in [2.45, 2.75) is 0 Å². The molecule has 1 N–H and O–H groups in total. The fourth-order valence-electron chi connectivity index (χ4n) is 1.70. The molecule has 0 saturated carbocycles. The Hall–Kier alpha value is -2.37. The van der Waals surface area contributed by atoms with Gasteiger partial charge in [-0.3, -0.25) is 19.3 Å². The zero-order valence-corrected chi connectivity index (χ0v) is 8.97. The van der Waals surface area contributed by atoms with Crippen molar-refractivity contribution in [2.75, 3.05) is 18.6 Å². The fraction of sp³-hybridized carbons (Fsp3) is 0.182. The van der Waals surface area contributed by atoms with Crippen LogP contribution in [0.4, 0.5) is 5.69 Å². The molecule has 0 unspecified atom stereocenters. The molecule has 2 rings (SSSR count). The maximum Gasteiger partial charge on any atom is 0.323 e. The predicted octanol–water partition coefficient (Wildman–Crippen LogP) is 0.309. The number of ether oxygens (including phenoxy) is 1. The van der Waals surface area contributed by atoms with Gasteiger partial charge in [0.25, 0.3) is 11.7 Å². The molecule has 0 radical (unpaired) electrons. The first-order valence-electron chi connectivity index (χ1n) is 4.80. The molecule has 0 aromatic heterocycles. The molecule has 1 aliphatic heterocycles. The lowest BCUT2D eigenvalue weighted by Crippen LogP contribution is -2.34. The van der Waals surface area contributed by atoms with E-state index >= 15 is 0 Å². The summed E-state index contributed by atoms with van der Waals surface area (Å²) in [4.78, 5) is 34.7. The van der Waals surface area contributed by atoms with Crippen molar-refractivity contribution in [1.29, 1.82) is 0 Å². The van der Waals surface area contributed by atoms with Crippen molar-refractivity contribution in [3.63, 3.8) is 0 Å². The van der Waals surface area contributed by atoms with Gasteiger partial charge < -0.3 is 9.84 Å². The summed E-state index contributed by atoms with van der Waals surface area (Å²) >= 11 is 0. The number of hydrogen-bond acceptors (Lipinski definition) is 4. The van der Waals surface area contributed by atoms with Gasteiger partial charge in [-0.25, -0.2) is 0 Å². The van der Waals surface area contributed by atoms with Crippen LogP contribution in [0.2, 0.25) is 0 Å². The molecule has 17 heavy (non-hydrogen) atoms. The number of hydrogen-bond donors (Lipinski definition) is 1. The van der Waals surface area contributed by atoms with Crippen molar-refractivity contribution >= 4 is 23.3 Å². The van der Waals surface area contributed by atoms with Crippen molar-refractivity contribution in [3.05, 3.63) is 23.8 Å². The summed E-state index contributed by atoms with van der Waals surface area (Å²) in [7, 11) is 1.44. The molecule has 0 fully saturated rings. The minimum absolute atomic E-state index is 0.176. The van der Waals surface area contributed by atoms with E-state index in [2.05, 4.69) is 0 Å². The summed E-state index contributed by atoms with van der Waals surface area (Å²) < 4.78 is 4.94. The molecule has 0 aliphatic carbocycles. The van der Waals surface area contributed by atoms with Crippen LogP contribution in [-0.4, -0.2) is 36.4 Å². The molecule has 0 atom stereocenters. The summed E-state index contributed by atoms with van der Waals surface area (Å²) in [5.74, 6) is -2.26. The van der Waals surface area contributed by atoms with Gasteiger partial charge in [-0.15, -0.1) is 0 Å². The van der Waals surface area contributed by atoms with E-state index in [-0.39, 0.29) is 5.56 Å². The number of carboxylic acid groups (broad SMARTS) is 1. The lowest BCUT2D eigenvalue weighted by molar-refractivity contribution is -0.136. The lowest BCUT2D eigenvalue weighted by atomic mass is 10.1. The lowest BCUT2D eigenvalue weighted by Gasteiger charge is -2.13. The van der Waals surface area contributed by atoms with Crippen LogP contribution in [0.15, 0.2) is 18.2 Å². The van der Waals surface area contributed by atoms with E-state index in [1.807, 2.05) is 0 Å². The Balaban J connectivity index is 2.47. The van der Waals surface area contributed by atoms with Gasteiger partial charge in [0, 0.05) is 0 Å². The van der Waals surface area contributed by atoms with Crippen LogP contribution >= 0.6 is 0 Å². The minimum Gasteiger partial charge on any atom is -0.497 e. The maximum absolute atomic E-state index is 11.6. The fourth-order valence-corrected chi connectivity index (χ4v) is 1.70. The Labute approximate surface area is 96.4 Å². The Morgan fingerprint density at radius 3 is 2.71 bits per heavy atom. The number of ketones is 1. The SMILES string of the molecule is COc1ccc2c(c1)C(=O)C(=O)N2CC(=O)O. The molecule has 1 heterocycles. The van der Waals surface area contributed by atoms with E-state index in [4.69, 9.17) is 9.84 Å². The first-order valence-corrected chi connectivity index (χ1v) is 4.80. The average Bonchev–Trinajstić information content (AvgIpc) is 2.54. The maximum atomic E-state index is 11.6.